The molecule has 0 N–H and O–H groups in total. The fraction of sp³-hybridized carbons (Fsp3) is 0.167. The summed E-state index contributed by atoms with van der Waals surface area (Å²) in [6.45, 7) is 1.80. The maximum absolute atomic E-state index is 10.9. The second kappa shape index (κ2) is 4.18. The van der Waals surface area contributed by atoms with Crippen LogP contribution in [0.5, 0.6) is 0 Å². The number of methoxy groups -OCH3 is 1. The molecule has 4 heteroatoms. The van der Waals surface area contributed by atoms with Crippen LogP contribution in [0.2, 0.25) is 0 Å². The minimum atomic E-state index is -0.381. The van der Waals surface area contributed by atoms with Crippen LogP contribution in [0.1, 0.15) is 11.5 Å². The Morgan fingerprint density at radius 1 is 1.50 bits per heavy atom. The Bertz CT molecular complexity index is 554. The van der Waals surface area contributed by atoms with Gasteiger partial charge in [0.25, 0.3) is 0 Å². The zero-order chi connectivity index (χ0) is 11.5. The van der Waals surface area contributed by atoms with Gasteiger partial charge >= 0.3 is 5.97 Å². The number of aromatic nitrogens is 1. The summed E-state index contributed by atoms with van der Waals surface area (Å²) in [6.07, 6.45) is 3.04. The molecule has 0 atom stereocenters. The molecule has 0 aliphatic heterocycles. The van der Waals surface area contributed by atoms with Crippen molar-refractivity contribution in [1.29, 1.82) is 0 Å². The average Bonchev–Trinajstić information content (AvgIpc) is 2.65. The van der Waals surface area contributed by atoms with Crippen LogP contribution >= 0.6 is 0 Å². The summed E-state index contributed by atoms with van der Waals surface area (Å²) in [7, 11) is 1.34. The second-order valence-electron chi connectivity index (χ2n) is 3.32. The first kappa shape index (κ1) is 10.4. The van der Waals surface area contributed by atoms with E-state index in [0.29, 0.717) is 11.5 Å². The van der Waals surface area contributed by atoms with Crippen molar-refractivity contribution >= 4 is 23.1 Å². The topological polar surface area (TPSA) is 52.3 Å². The molecule has 0 aliphatic rings. The second-order valence-corrected chi connectivity index (χ2v) is 3.32. The lowest BCUT2D eigenvalue weighted by atomic mass is 10.2. The van der Waals surface area contributed by atoms with Gasteiger partial charge in [0.05, 0.1) is 7.11 Å². The number of ether oxygens (including phenoxy) is 1. The third-order valence-electron chi connectivity index (χ3n) is 2.13. The molecule has 2 rings (SSSR count). The van der Waals surface area contributed by atoms with Gasteiger partial charge in [0.15, 0.2) is 11.5 Å². The largest absolute Gasteiger partial charge is 0.466 e. The van der Waals surface area contributed by atoms with Gasteiger partial charge in [-0.3, -0.25) is 0 Å². The van der Waals surface area contributed by atoms with Gasteiger partial charge in [-0.2, -0.15) is 0 Å². The lowest BCUT2D eigenvalue weighted by molar-refractivity contribution is -0.134. The van der Waals surface area contributed by atoms with E-state index in [1.54, 1.807) is 13.0 Å². The Morgan fingerprint density at radius 3 is 3.06 bits per heavy atom. The monoisotopic (exact) mass is 217 g/mol. The van der Waals surface area contributed by atoms with Gasteiger partial charge in [-0.25, -0.2) is 9.78 Å². The number of carbonyl (C=O) groups is 1. The summed E-state index contributed by atoms with van der Waals surface area (Å²) in [5, 5.41) is 0. The Balaban J connectivity index is 2.32. The van der Waals surface area contributed by atoms with Crippen LogP contribution < -0.4 is 0 Å². The fourth-order valence-corrected chi connectivity index (χ4v) is 1.39. The van der Waals surface area contributed by atoms with Gasteiger partial charge in [0, 0.05) is 13.0 Å². The molecule has 0 amide bonds. The quantitative estimate of drug-likeness (QED) is 0.572. The molecule has 1 aromatic carbocycles. The summed E-state index contributed by atoms with van der Waals surface area (Å²) in [6, 6.07) is 5.54. The Hall–Kier alpha value is -2.10. The van der Waals surface area contributed by atoms with Crippen LogP contribution in [0.15, 0.2) is 28.7 Å². The molecule has 4 nitrogen and oxygen atoms in total. The number of fused-ring (bicyclic) bond motifs is 1. The maximum atomic E-state index is 10.9. The first-order valence-corrected chi connectivity index (χ1v) is 4.82. The molecule has 1 heterocycles. The van der Waals surface area contributed by atoms with Crippen molar-refractivity contribution < 1.29 is 13.9 Å². The van der Waals surface area contributed by atoms with Crippen molar-refractivity contribution in [2.45, 2.75) is 6.92 Å². The van der Waals surface area contributed by atoms with Gasteiger partial charge in [0.1, 0.15) is 5.52 Å². The van der Waals surface area contributed by atoms with E-state index in [2.05, 4.69) is 9.72 Å². The normalized spacial score (nSPS) is 11.1. The van der Waals surface area contributed by atoms with Crippen molar-refractivity contribution in [3.05, 3.63) is 35.7 Å². The van der Waals surface area contributed by atoms with Gasteiger partial charge < -0.3 is 9.15 Å². The highest BCUT2D eigenvalue weighted by Gasteiger charge is 2.01. The van der Waals surface area contributed by atoms with Crippen LogP contribution in [0.4, 0.5) is 0 Å². The van der Waals surface area contributed by atoms with Crippen LogP contribution in [0.25, 0.3) is 17.2 Å². The minimum Gasteiger partial charge on any atom is -0.466 e. The van der Waals surface area contributed by atoms with E-state index in [4.69, 9.17) is 4.42 Å². The van der Waals surface area contributed by atoms with Crippen molar-refractivity contribution in [2.24, 2.45) is 0 Å². The molecular formula is C12H11NO3. The Kier molecular flexibility index (Phi) is 2.72. The molecule has 0 saturated heterocycles. The summed E-state index contributed by atoms with van der Waals surface area (Å²) in [5.41, 5.74) is 2.39. The van der Waals surface area contributed by atoms with Crippen molar-refractivity contribution in [2.75, 3.05) is 7.11 Å². The molecule has 1 aromatic heterocycles. The highest BCUT2D eigenvalue weighted by molar-refractivity contribution is 5.87. The van der Waals surface area contributed by atoms with Crippen molar-refractivity contribution in [3.63, 3.8) is 0 Å². The number of aryl methyl sites for hydroxylation is 1. The van der Waals surface area contributed by atoms with Crippen LogP contribution in [0, 0.1) is 6.92 Å². The smallest absolute Gasteiger partial charge is 0.330 e. The molecule has 0 radical (unpaired) electrons. The molecule has 2 aromatic rings. The molecule has 0 saturated carbocycles. The predicted octanol–water partition coefficient (Wildman–Crippen LogP) is 2.32. The summed E-state index contributed by atoms with van der Waals surface area (Å²) >= 11 is 0. The Morgan fingerprint density at radius 2 is 2.31 bits per heavy atom. The highest BCUT2D eigenvalue weighted by atomic mass is 16.5. The summed E-state index contributed by atoms with van der Waals surface area (Å²) in [4.78, 5) is 15.1. The van der Waals surface area contributed by atoms with E-state index in [1.165, 1.54) is 13.2 Å². The number of hydrogen-bond donors (Lipinski definition) is 0. The third-order valence-corrected chi connectivity index (χ3v) is 2.13. The summed E-state index contributed by atoms with van der Waals surface area (Å²) in [5.74, 6) is 0.248. The minimum absolute atomic E-state index is 0.381. The molecule has 0 bridgehead atoms. The van der Waals surface area contributed by atoms with Crippen LogP contribution in [0.3, 0.4) is 0 Å². The number of oxazole rings is 1. The van der Waals surface area contributed by atoms with E-state index in [0.717, 1.165) is 11.1 Å². The van der Waals surface area contributed by atoms with E-state index >= 15 is 0 Å². The molecule has 82 valence electrons. The van der Waals surface area contributed by atoms with Crippen LogP contribution in [-0.2, 0) is 9.53 Å². The number of rotatable bonds is 2. The van der Waals surface area contributed by atoms with E-state index in [1.807, 2.05) is 18.2 Å². The number of carbonyl (C=O) groups excluding carboxylic acids is 1. The molecule has 0 fully saturated rings. The zero-order valence-electron chi connectivity index (χ0n) is 9.06. The first-order chi connectivity index (χ1) is 7.69. The van der Waals surface area contributed by atoms with E-state index in [9.17, 15) is 4.79 Å². The molecule has 16 heavy (non-hydrogen) atoms. The van der Waals surface area contributed by atoms with E-state index < -0.39 is 0 Å². The van der Waals surface area contributed by atoms with Gasteiger partial charge in [-0.05, 0) is 23.8 Å². The van der Waals surface area contributed by atoms with Crippen LogP contribution in [-0.4, -0.2) is 18.1 Å². The van der Waals surface area contributed by atoms with Gasteiger partial charge in [0.2, 0.25) is 0 Å². The van der Waals surface area contributed by atoms with Gasteiger partial charge in [-0.15, -0.1) is 0 Å². The highest BCUT2D eigenvalue weighted by Crippen LogP contribution is 2.17. The lowest BCUT2D eigenvalue weighted by Crippen LogP contribution is -1.93. The maximum Gasteiger partial charge on any atom is 0.330 e. The van der Waals surface area contributed by atoms with Gasteiger partial charge in [-0.1, -0.05) is 6.07 Å². The van der Waals surface area contributed by atoms with Crippen molar-refractivity contribution in [3.8, 4) is 0 Å². The lowest BCUT2D eigenvalue weighted by Gasteiger charge is -1.92. The number of hydrogen-bond acceptors (Lipinski definition) is 4. The zero-order valence-corrected chi connectivity index (χ0v) is 9.06. The SMILES string of the molecule is COC(=O)C=Cc1ccc2nc(C)oc2c1. The average molecular weight is 217 g/mol. The molecule has 0 unspecified atom stereocenters. The fourth-order valence-electron chi connectivity index (χ4n) is 1.39. The predicted molar refractivity (Wildman–Crippen MR) is 59.8 cm³/mol. The standard InChI is InChI=1S/C12H11NO3/c1-8-13-10-5-3-9(7-11(10)16-8)4-6-12(14)15-2/h3-7H,1-2H3. The number of esters is 1. The van der Waals surface area contributed by atoms with E-state index in [-0.39, 0.29) is 5.97 Å². The number of nitrogens with zero attached hydrogens (tertiary/aromatic N) is 1. The Labute approximate surface area is 92.5 Å². The summed E-state index contributed by atoms with van der Waals surface area (Å²) < 4.78 is 9.88. The molecular weight excluding hydrogens is 206 g/mol. The molecule has 0 aliphatic carbocycles. The molecule has 0 spiro atoms. The first-order valence-electron chi connectivity index (χ1n) is 4.82. The van der Waals surface area contributed by atoms with Crippen molar-refractivity contribution in [1.82, 2.24) is 4.98 Å². The number of benzene rings is 1. The third kappa shape index (κ3) is 2.11.